The minimum absolute atomic E-state index is 0. The first-order chi connectivity index (χ1) is 15.0. The molecule has 2 amide bonds. The van der Waals surface area contributed by atoms with Crippen molar-refractivity contribution in [3.05, 3.63) is 35.9 Å². The quantitative estimate of drug-likeness (QED) is 0.233. The van der Waals surface area contributed by atoms with Gasteiger partial charge in [0, 0.05) is 24.2 Å². The van der Waals surface area contributed by atoms with Gasteiger partial charge in [-0.3, -0.25) is 9.59 Å². The number of hydrogen-bond acceptors (Lipinski definition) is 2. The van der Waals surface area contributed by atoms with Crippen molar-refractivity contribution >= 4 is 48.1 Å². The van der Waals surface area contributed by atoms with Gasteiger partial charge in [-0.15, -0.1) is 12.4 Å². The number of amides is 2. The van der Waals surface area contributed by atoms with E-state index in [0.717, 1.165) is 25.7 Å². The van der Waals surface area contributed by atoms with Crippen LogP contribution in [0, 0.1) is 0 Å². The molecule has 8 heteroatoms. The van der Waals surface area contributed by atoms with Crippen LogP contribution >= 0.6 is 37.7 Å². The Balaban J connectivity index is -0.000000410. The molecule has 33 heavy (non-hydrogen) atoms. The van der Waals surface area contributed by atoms with Gasteiger partial charge in [-0.05, 0) is 53.4 Å². The van der Waals surface area contributed by atoms with Crippen molar-refractivity contribution in [1.29, 1.82) is 0 Å². The van der Waals surface area contributed by atoms with E-state index in [1.54, 1.807) is 0 Å². The summed E-state index contributed by atoms with van der Waals surface area (Å²) >= 11 is 9.10. The maximum atomic E-state index is 11.1. The summed E-state index contributed by atoms with van der Waals surface area (Å²) in [5, 5.41) is 1.04. The summed E-state index contributed by atoms with van der Waals surface area (Å²) < 4.78 is 0. The van der Waals surface area contributed by atoms with Crippen molar-refractivity contribution < 1.29 is 27.9 Å². The van der Waals surface area contributed by atoms with E-state index in [2.05, 4.69) is 111 Å². The summed E-state index contributed by atoms with van der Waals surface area (Å²) in [5.41, 5.74) is 1.47. The molecule has 189 valence electrons. The van der Waals surface area contributed by atoms with Gasteiger partial charge in [-0.25, -0.2) is 0 Å². The first-order valence-corrected chi connectivity index (χ1v) is 14.9. The normalized spacial score (nSPS) is 13.5. The predicted molar refractivity (Wildman–Crippen MR) is 149 cm³/mol. The molecule has 0 aliphatic rings. The molecule has 0 aromatic heterocycles. The van der Waals surface area contributed by atoms with E-state index in [0.29, 0.717) is 24.2 Å². The number of hydrogen-bond donors (Lipinski definition) is 2. The number of nitrogens with zero attached hydrogens (tertiary/aromatic N) is 2. The molecular formula is C25H46ClN2O2S2Zn. The number of benzene rings is 1. The van der Waals surface area contributed by atoms with Crippen LogP contribution in [0.1, 0.15) is 86.6 Å². The van der Waals surface area contributed by atoms with Gasteiger partial charge >= 0.3 is 59.2 Å². The second-order valence-corrected chi connectivity index (χ2v) is 9.96. The van der Waals surface area contributed by atoms with Crippen LogP contribution in [-0.2, 0) is 23.3 Å². The molecule has 4 atom stereocenters. The van der Waals surface area contributed by atoms with Gasteiger partial charge in [0.1, 0.15) is 0 Å². The van der Waals surface area contributed by atoms with Crippen molar-refractivity contribution in [2.45, 2.75) is 110 Å². The third-order valence-electron chi connectivity index (χ3n) is 5.84. The molecule has 1 aromatic rings. The summed E-state index contributed by atoms with van der Waals surface area (Å²) in [5.74, 6) is 0. The Morgan fingerprint density at radius 3 is 1.15 bits per heavy atom. The molecule has 1 aromatic carbocycles. The van der Waals surface area contributed by atoms with Crippen LogP contribution in [0.5, 0.6) is 0 Å². The molecule has 0 bridgehead atoms. The van der Waals surface area contributed by atoms with Crippen LogP contribution in [0.3, 0.4) is 0 Å². The van der Waals surface area contributed by atoms with Gasteiger partial charge < -0.3 is 9.80 Å². The summed E-state index contributed by atoms with van der Waals surface area (Å²) in [6.45, 7) is 16.5. The van der Waals surface area contributed by atoms with E-state index in [9.17, 15) is 9.59 Å². The number of thiol groups is 2. The first kappa shape index (κ1) is 37.3. The predicted octanol–water partition coefficient (Wildman–Crippen LogP) is 8.03. The average Bonchev–Trinajstić information content (AvgIpc) is 2.79. The number of rotatable bonds is 9. The van der Waals surface area contributed by atoms with Crippen molar-refractivity contribution in [3.8, 4) is 0 Å². The number of carbonyl (C=O) groups excluding carboxylic acids is 2. The monoisotopic (exact) mass is 569 g/mol. The minimum atomic E-state index is -0.112. The molecule has 1 rings (SSSR count). The first-order valence-electron chi connectivity index (χ1n) is 11.9. The molecule has 0 radical (unpaired) electrons. The van der Waals surface area contributed by atoms with Crippen LogP contribution in [0.15, 0.2) is 30.3 Å². The number of halogens is 1. The van der Waals surface area contributed by atoms with Gasteiger partial charge in [-0.1, -0.05) is 53.0 Å². The Kier molecular flexibility index (Phi) is 25.2. The standard InChI is InChI=1S/2C9H19NOS.C7H7.ClH.Zn/c2*1-5-7(3)10(9(11)12)8(4)6-2;1-7-5-3-2-4-6-7;;/h2*7-8H,5-6H2,1-4H3,(H,11,12);2-6H,1H2;1H;. The van der Waals surface area contributed by atoms with Gasteiger partial charge in [0.05, 0.1) is 0 Å². The van der Waals surface area contributed by atoms with Crippen LogP contribution in [0.25, 0.3) is 0 Å². The molecule has 0 N–H and O–H groups in total. The van der Waals surface area contributed by atoms with Crippen molar-refractivity contribution in [1.82, 2.24) is 9.80 Å². The Hall–Kier alpha value is -0.227. The average molecular weight is 572 g/mol. The van der Waals surface area contributed by atoms with Crippen molar-refractivity contribution in [2.24, 2.45) is 0 Å². The zero-order chi connectivity index (χ0) is 25.3. The van der Waals surface area contributed by atoms with E-state index in [4.69, 9.17) is 0 Å². The third kappa shape index (κ3) is 16.1. The molecular weight excluding hydrogens is 525 g/mol. The molecule has 0 fully saturated rings. The molecule has 0 spiro atoms. The van der Waals surface area contributed by atoms with Gasteiger partial charge in [0.25, 0.3) is 10.5 Å². The summed E-state index contributed by atoms with van der Waals surface area (Å²) in [6, 6.07) is 11.8. The Morgan fingerprint density at radius 2 is 1.00 bits per heavy atom. The van der Waals surface area contributed by atoms with Crippen LogP contribution in [0.2, 0.25) is 0 Å². The van der Waals surface area contributed by atoms with Crippen LogP contribution in [-0.4, -0.2) is 44.4 Å². The number of carbonyl (C=O) groups is 2. The summed E-state index contributed by atoms with van der Waals surface area (Å²) in [7, 11) is 0. The second kappa shape index (κ2) is 22.3. The molecule has 4 nitrogen and oxygen atoms in total. The van der Waals surface area contributed by atoms with E-state index in [1.165, 1.54) is 28.9 Å². The Bertz CT molecular complexity index is 572. The Labute approximate surface area is 230 Å². The third-order valence-corrected chi connectivity index (χ3v) is 7.51. The van der Waals surface area contributed by atoms with E-state index in [1.807, 2.05) is 9.80 Å². The van der Waals surface area contributed by atoms with E-state index in [-0.39, 0.29) is 22.9 Å². The van der Waals surface area contributed by atoms with Crippen molar-refractivity contribution in [2.75, 3.05) is 0 Å². The molecule has 0 aliphatic heterocycles. The molecule has 0 heterocycles. The van der Waals surface area contributed by atoms with Crippen molar-refractivity contribution in [3.63, 3.8) is 0 Å². The fourth-order valence-electron chi connectivity index (χ4n) is 3.05. The fourth-order valence-corrected chi connectivity index (χ4v) is 4.54. The molecule has 0 saturated heterocycles. The summed E-state index contributed by atoms with van der Waals surface area (Å²) in [4.78, 5) is 25.9. The molecule has 0 saturated carbocycles. The topological polar surface area (TPSA) is 40.6 Å². The van der Waals surface area contributed by atoms with E-state index < -0.39 is 0 Å². The van der Waals surface area contributed by atoms with Gasteiger partial charge in [-0.2, -0.15) is 0 Å². The van der Waals surface area contributed by atoms with E-state index >= 15 is 0 Å². The van der Waals surface area contributed by atoms with Crippen LogP contribution < -0.4 is 0 Å². The summed E-state index contributed by atoms with van der Waals surface area (Å²) in [6.07, 6.45) is 3.93. The Morgan fingerprint density at radius 1 is 0.727 bits per heavy atom. The SMILES string of the molecule is CCC(C)N(C(=O)S)C(C)CC.CCC(C)N(C(=O)S)C(C)CC.Cl.[Zn][CH2]c1ccccc1. The molecule has 0 aliphatic carbocycles. The zero-order valence-corrected chi connectivity index (χ0v) is 27.5. The second-order valence-electron chi connectivity index (χ2n) is 8.14. The molecule has 4 unspecified atom stereocenters. The fraction of sp³-hybridized carbons (Fsp3) is 0.680. The van der Waals surface area contributed by atoms with Gasteiger partial charge in [0.15, 0.2) is 0 Å². The maximum absolute atomic E-state index is 11.1. The van der Waals surface area contributed by atoms with Gasteiger partial charge in [0.2, 0.25) is 0 Å². The van der Waals surface area contributed by atoms with Crippen LogP contribution in [0.4, 0.5) is 9.59 Å². The zero-order valence-electron chi connectivity index (χ0n) is 22.0.